The van der Waals surface area contributed by atoms with E-state index in [1.807, 2.05) is 0 Å². The SMILES string of the molecule is NC1CC(SC(F)F)C1. The third-order valence-electron chi connectivity index (χ3n) is 1.43. The van der Waals surface area contributed by atoms with Crippen LogP contribution in [0.1, 0.15) is 12.8 Å². The van der Waals surface area contributed by atoms with E-state index in [4.69, 9.17) is 5.73 Å². The highest BCUT2D eigenvalue weighted by Gasteiger charge is 2.28. The normalized spacial score (nSPS) is 34.7. The fraction of sp³-hybridized carbons (Fsp3) is 1.00. The average molecular weight is 153 g/mol. The number of rotatable bonds is 2. The number of hydrogen-bond donors (Lipinski definition) is 1. The first-order valence-electron chi connectivity index (χ1n) is 2.87. The monoisotopic (exact) mass is 153 g/mol. The first kappa shape index (κ1) is 7.28. The van der Waals surface area contributed by atoms with Gasteiger partial charge in [0.15, 0.2) is 0 Å². The average Bonchev–Trinajstić information content (AvgIpc) is 1.60. The molecule has 1 saturated carbocycles. The summed E-state index contributed by atoms with van der Waals surface area (Å²) in [4.78, 5) is 0. The Morgan fingerprint density at radius 3 is 2.33 bits per heavy atom. The second kappa shape index (κ2) is 2.84. The molecule has 0 spiro atoms. The van der Waals surface area contributed by atoms with Gasteiger partial charge in [-0.3, -0.25) is 0 Å². The van der Waals surface area contributed by atoms with Crippen LogP contribution in [0.5, 0.6) is 0 Å². The van der Waals surface area contributed by atoms with E-state index >= 15 is 0 Å². The standard InChI is InChI=1S/C5H9F2NS/c6-5(7)9-4-1-3(8)2-4/h3-5H,1-2,8H2. The first-order valence-corrected chi connectivity index (χ1v) is 3.82. The number of thioether (sulfide) groups is 1. The lowest BCUT2D eigenvalue weighted by molar-refractivity contribution is 0.248. The van der Waals surface area contributed by atoms with Crippen molar-refractivity contribution in [2.45, 2.75) is 29.9 Å². The third-order valence-corrected chi connectivity index (χ3v) is 2.40. The van der Waals surface area contributed by atoms with Gasteiger partial charge in [-0.05, 0) is 12.8 Å². The van der Waals surface area contributed by atoms with Crippen LogP contribution in [0.3, 0.4) is 0 Å². The summed E-state index contributed by atoms with van der Waals surface area (Å²) in [7, 11) is 0. The molecule has 0 aromatic rings. The minimum atomic E-state index is -2.22. The van der Waals surface area contributed by atoms with Crippen molar-refractivity contribution in [3.8, 4) is 0 Å². The molecule has 1 aliphatic carbocycles. The Hall–Kier alpha value is 0.170. The molecule has 0 saturated heterocycles. The molecule has 4 heteroatoms. The Balaban J connectivity index is 2.04. The maximum atomic E-state index is 11.6. The van der Waals surface area contributed by atoms with Gasteiger partial charge >= 0.3 is 0 Å². The van der Waals surface area contributed by atoms with E-state index in [0.29, 0.717) is 0 Å². The number of alkyl halides is 2. The van der Waals surface area contributed by atoms with Gasteiger partial charge < -0.3 is 5.73 Å². The zero-order valence-electron chi connectivity index (χ0n) is 4.89. The lowest BCUT2D eigenvalue weighted by atomic mass is 9.94. The van der Waals surface area contributed by atoms with Crippen molar-refractivity contribution in [2.24, 2.45) is 5.73 Å². The van der Waals surface area contributed by atoms with Gasteiger partial charge in [-0.15, -0.1) is 0 Å². The van der Waals surface area contributed by atoms with Crippen molar-refractivity contribution < 1.29 is 8.78 Å². The van der Waals surface area contributed by atoms with Gasteiger partial charge in [0.2, 0.25) is 0 Å². The number of halogens is 2. The molecule has 0 heterocycles. The van der Waals surface area contributed by atoms with Crippen LogP contribution in [0, 0.1) is 0 Å². The smallest absolute Gasteiger partial charge is 0.284 e. The highest BCUT2D eigenvalue weighted by atomic mass is 32.2. The molecule has 0 radical (unpaired) electrons. The minimum Gasteiger partial charge on any atom is -0.328 e. The summed E-state index contributed by atoms with van der Waals surface area (Å²) in [6.45, 7) is 0. The Morgan fingerprint density at radius 2 is 2.00 bits per heavy atom. The Bertz CT molecular complexity index is 93.0. The predicted octanol–water partition coefficient (Wildman–Crippen LogP) is 1.43. The van der Waals surface area contributed by atoms with Crippen LogP contribution in [0.4, 0.5) is 8.78 Å². The topological polar surface area (TPSA) is 26.0 Å². The summed E-state index contributed by atoms with van der Waals surface area (Å²) >= 11 is 0.732. The molecular formula is C5H9F2NS. The Labute approximate surface area is 57.0 Å². The zero-order chi connectivity index (χ0) is 6.85. The van der Waals surface area contributed by atoms with Crippen molar-refractivity contribution in [3.05, 3.63) is 0 Å². The van der Waals surface area contributed by atoms with E-state index in [-0.39, 0.29) is 11.3 Å². The maximum absolute atomic E-state index is 11.6. The molecule has 1 aliphatic rings. The summed E-state index contributed by atoms with van der Waals surface area (Å²) in [6.07, 6.45) is 1.52. The van der Waals surface area contributed by atoms with Gasteiger partial charge in [-0.1, -0.05) is 11.8 Å². The van der Waals surface area contributed by atoms with Crippen molar-refractivity contribution in [1.82, 2.24) is 0 Å². The molecule has 2 N–H and O–H groups in total. The van der Waals surface area contributed by atoms with Crippen LogP contribution in [-0.2, 0) is 0 Å². The van der Waals surface area contributed by atoms with Crippen LogP contribution in [0.25, 0.3) is 0 Å². The molecule has 0 aliphatic heterocycles. The second-order valence-electron chi connectivity index (χ2n) is 2.25. The van der Waals surface area contributed by atoms with E-state index < -0.39 is 5.76 Å². The van der Waals surface area contributed by atoms with Gasteiger partial charge in [0.25, 0.3) is 5.76 Å². The molecule has 54 valence electrons. The minimum absolute atomic E-state index is 0.125. The van der Waals surface area contributed by atoms with Crippen molar-refractivity contribution >= 4 is 11.8 Å². The highest BCUT2D eigenvalue weighted by Crippen LogP contribution is 2.34. The molecule has 0 atom stereocenters. The van der Waals surface area contributed by atoms with Gasteiger partial charge in [0, 0.05) is 11.3 Å². The molecule has 1 nitrogen and oxygen atoms in total. The fourth-order valence-electron chi connectivity index (χ4n) is 0.863. The molecule has 0 bridgehead atoms. The van der Waals surface area contributed by atoms with Crippen molar-refractivity contribution in [2.75, 3.05) is 0 Å². The molecular weight excluding hydrogens is 144 g/mol. The van der Waals surface area contributed by atoms with Crippen LogP contribution in [0.2, 0.25) is 0 Å². The van der Waals surface area contributed by atoms with Crippen LogP contribution < -0.4 is 5.73 Å². The lowest BCUT2D eigenvalue weighted by Crippen LogP contribution is -2.38. The maximum Gasteiger partial charge on any atom is 0.284 e. The fourth-order valence-corrected chi connectivity index (χ4v) is 1.87. The van der Waals surface area contributed by atoms with Crippen LogP contribution in [0.15, 0.2) is 0 Å². The molecule has 9 heavy (non-hydrogen) atoms. The van der Waals surface area contributed by atoms with E-state index in [2.05, 4.69) is 0 Å². The van der Waals surface area contributed by atoms with Gasteiger partial charge in [-0.25, -0.2) is 0 Å². The molecule has 0 aromatic heterocycles. The largest absolute Gasteiger partial charge is 0.328 e. The van der Waals surface area contributed by atoms with Crippen LogP contribution in [-0.4, -0.2) is 17.0 Å². The van der Waals surface area contributed by atoms with Crippen molar-refractivity contribution in [3.63, 3.8) is 0 Å². The molecule has 0 unspecified atom stereocenters. The van der Waals surface area contributed by atoms with Crippen molar-refractivity contribution in [1.29, 1.82) is 0 Å². The Morgan fingerprint density at radius 1 is 1.44 bits per heavy atom. The second-order valence-corrected chi connectivity index (χ2v) is 3.55. The van der Waals surface area contributed by atoms with E-state index in [1.54, 1.807) is 0 Å². The highest BCUT2D eigenvalue weighted by molar-refractivity contribution is 8.00. The molecule has 1 fully saturated rings. The zero-order valence-corrected chi connectivity index (χ0v) is 5.70. The summed E-state index contributed by atoms with van der Waals surface area (Å²) in [5.41, 5.74) is 5.39. The van der Waals surface area contributed by atoms with E-state index in [0.717, 1.165) is 24.6 Å². The summed E-state index contributed by atoms with van der Waals surface area (Å²) in [6, 6.07) is 0.182. The van der Waals surface area contributed by atoms with Crippen LogP contribution >= 0.6 is 11.8 Å². The van der Waals surface area contributed by atoms with Gasteiger partial charge in [0.1, 0.15) is 0 Å². The first-order chi connectivity index (χ1) is 4.18. The Kier molecular flexibility index (Phi) is 2.29. The van der Waals surface area contributed by atoms with E-state index in [9.17, 15) is 8.78 Å². The quantitative estimate of drug-likeness (QED) is 0.649. The van der Waals surface area contributed by atoms with E-state index in [1.165, 1.54) is 0 Å². The number of hydrogen-bond acceptors (Lipinski definition) is 2. The summed E-state index contributed by atoms with van der Waals surface area (Å²) in [5.74, 6) is -2.22. The lowest BCUT2D eigenvalue weighted by Gasteiger charge is -2.31. The predicted molar refractivity (Wildman–Crippen MR) is 34.6 cm³/mol. The van der Waals surface area contributed by atoms with Gasteiger partial charge in [0.05, 0.1) is 0 Å². The molecule has 0 amide bonds. The van der Waals surface area contributed by atoms with Gasteiger partial charge in [-0.2, -0.15) is 8.78 Å². The summed E-state index contributed by atoms with van der Waals surface area (Å²) < 4.78 is 23.1. The third kappa shape index (κ3) is 2.10. The summed E-state index contributed by atoms with van der Waals surface area (Å²) in [5, 5.41) is 0.125. The molecule has 0 aromatic carbocycles. The number of nitrogens with two attached hydrogens (primary N) is 1. The molecule has 1 rings (SSSR count).